The number of ether oxygens (including phenoxy) is 2. The average Bonchev–Trinajstić information content (AvgIpc) is 3.34. The summed E-state index contributed by atoms with van der Waals surface area (Å²) in [6, 6.07) is 11.5. The van der Waals surface area contributed by atoms with Gasteiger partial charge in [-0.05, 0) is 118 Å². The lowest BCUT2D eigenvalue weighted by atomic mass is 9.86. The van der Waals surface area contributed by atoms with Gasteiger partial charge in [0.25, 0.3) is 17.7 Å². The Hall–Kier alpha value is -6.54. The number of carbonyl (C=O) groups is 5. The summed E-state index contributed by atoms with van der Waals surface area (Å²) < 4.78 is 142. The summed E-state index contributed by atoms with van der Waals surface area (Å²) in [6.45, 7) is 0.703. The van der Waals surface area contributed by atoms with Crippen molar-refractivity contribution in [2.45, 2.75) is 82.0 Å². The van der Waals surface area contributed by atoms with E-state index in [1.165, 1.54) is 30.3 Å². The number of aromatic nitrogens is 2. The van der Waals surface area contributed by atoms with E-state index in [0.29, 0.717) is 56.1 Å². The second-order valence-electron chi connectivity index (χ2n) is 16.2. The van der Waals surface area contributed by atoms with Crippen LogP contribution in [0.5, 0.6) is 11.5 Å². The van der Waals surface area contributed by atoms with Crippen molar-refractivity contribution in [2.75, 3.05) is 26.3 Å². The molecule has 0 spiro atoms. The first-order valence-electron chi connectivity index (χ1n) is 21.9. The number of aliphatic carboxylic acids is 1. The van der Waals surface area contributed by atoms with Crippen LogP contribution in [0.15, 0.2) is 73.1 Å². The number of hydrogen-bond acceptors (Lipinski definition) is 10. The third-order valence-corrected chi connectivity index (χ3v) is 11.3. The second-order valence-corrected chi connectivity index (χ2v) is 17.0. The number of nitrogens with one attached hydrogen (secondary N) is 3. The molecule has 2 aromatic carbocycles. The summed E-state index contributed by atoms with van der Waals surface area (Å²) >= 11 is 11.2. The number of nitrogens with two attached hydrogens (primary N) is 1. The highest BCUT2D eigenvalue weighted by molar-refractivity contribution is 6.31. The predicted molar refractivity (Wildman–Crippen MR) is 248 cm³/mol. The molecule has 412 valence electrons. The molecule has 0 bridgehead atoms. The molecule has 0 radical (unpaired) electrons. The molecule has 2 fully saturated rings. The fourth-order valence-electron chi connectivity index (χ4n) is 6.73. The number of pyridine rings is 2. The number of carbonyl (C=O) groups excluding carboxylic acids is 3. The quantitative estimate of drug-likeness (QED) is 0.0687. The van der Waals surface area contributed by atoms with Crippen LogP contribution in [0.4, 0.5) is 48.3 Å². The minimum Gasteiger partial charge on any atom is -0.484 e. The molecule has 28 heteroatoms. The van der Waals surface area contributed by atoms with Crippen molar-refractivity contribution in [1.82, 2.24) is 25.9 Å². The Morgan fingerprint density at radius 2 is 1.01 bits per heavy atom. The Kier molecular flexibility index (Phi) is 24.0. The molecule has 0 unspecified atom stereocenters. The summed E-state index contributed by atoms with van der Waals surface area (Å²) in [5, 5.41) is 24.0. The summed E-state index contributed by atoms with van der Waals surface area (Å²) in [7, 11) is 0. The first-order valence-corrected chi connectivity index (χ1v) is 22.6. The number of benzene rings is 2. The largest absolute Gasteiger partial charge is 0.490 e. The number of carboxylic acid groups (broad SMARTS) is 2. The van der Waals surface area contributed by atoms with E-state index in [0.717, 1.165) is 62.8 Å². The molecule has 0 atom stereocenters. The van der Waals surface area contributed by atoms with Crippen molar-refractivity contribution in [3.63, 3.8) is 0 Å². The monoisotopic (exact) mass is 1110 g/mol. The highest BCUT2D eigenvalue weighted by Gasteiger charge is 2.38. The first-order chi connectivity index (χ1) is 34.5. The molecule has 7 N–H and O–H groups in total. The molecular weight excluding hydrogens is 1060 g/mol. The Morgan fingerprint density at radius 3 is 1.34 bits per heavy atom. The molecule has 74 heavy (non-hydrogen) atoms. The maximum Gasteiger partial charge on any atom is 0.490 e. The van der Waals surface area contributed by atoms with Crippen LogP contribution in [0, 0.1) is 23.5 Å². The summed E-state index contributed by atoms with van der Waals surface area (Å²) in [6.07, 6.45) is -6.02. The zero-order chi connectivity index (χ0) is 55.4. The molecule has 2 saturated carbocycles. The van der Waals surface area contributed by atoms with Crippen LogP contribution >= 0.6 is 23.2 Å². The van der Waals surface area contributed by atoms with Gasteiger partial charge in [0.2, 0.25) is 0 Å². The van der Waals surface area contributed by atoms with Gasteiger partial charge in [-0.1, -0.05) is 23.2 Å². The van der Waals surface area contributed by atoms with Gasteiger partial charge in [-0.2, -0.15) is 39.5 Å². The zero-order valence-electron chi connectivity index (χ0n) is 38.4. The van der Waals surface area contributed by atoms with E-state index in [-0.39, 0.29) is 68.8 Å². The molecule has 15 nitrogen and oxygen atoms in total. The normalized spacial score (nSPS) is 17.5. The summed E-state index contributed by atoms with van der Waals surface area (Å²) in [5.74, 6) is -5.10. The number of halogens is 13. The minimum atomic E-state index is -5.08. The van der Waals surface area contributed by atoms with E-state index in [1.807, 2.05) is 0 Å². The molecule has 0 saturated heterocycles. The van der Waals surface area contributed by atoms with Gasteiger partial charge in [0.15, 0.2) is 13.2 Å². The topological polar surface area (TPSA) is 232 Å². The fraction of sp³-hybridized carbons (Fsp3) is 0.413. The van der Waals surface area contributed by atoms with Gasteiger partial charge in [-0.25, -0.2) is 23.4 Å². The van der Waals surface area contributed by atoms with Gasteiger partial charge in [0.05, 0.1) is 21.2 Å². The molecule has 3 amide bonds. The third kappa shape index (κ3) is 22.3. The van der Waals surface area contributed by atoms with Crippen LogP contribution in [0.3, 0.4) is 0 Å². The van der Waals surface area contributed by atoms with Gasteiger partial charge >= 0.3 is 30.5 Å². The SMILES string of the molecule is NCC1CCC(NC(=O)COc2ccc(Cl)c(F)c2)CC1.O=C(COc1ccc(Cl)c(F)c1)NC1CCC(CNC(=O)c2ccc(C(F)(F)F)cn2)CC1.O=C(O)C(F)(F)F.O=C(O)c1ccc(C(F)(F)F)cn1.[HH].[HH].[HH]. The molecule has 2 aliphatic carbocycles. The van der Waals surface area contributed by atoms with Crippen molar-refractivity contribution < 1.29 is 96.2 Å². The molecule has 2 heterocycles. The first kappa shape index (κ1) is 61.8. The van der Waals surface area contributed by atoms with Crippen molar-refractivity contribution >= 4 is 52.9 Å². The highest BCUT2D eigenvalue weighted by Crippen LogP contribution is 2.30. The molecule has 2 aromatic heterocycles. The number of hydrogen-bond donors (Lipinski definition) is 6. The van der Waals surface area contributed by atoms with Crippen molar-refractivity contribution in [3.05, 3.63) is 117 Å². The van der Waals surface area contributed by atoms with Gasteiger partial charge in [-0.15, -0.1) is 0 Å². The van der Waals surface area contributed by atoms with Gasteiger partial charge in [-0.3, -0.25) is 19.4 Å². The number of aromatic carboxylic acids is 1. The summed E-state index contributed by atoms with van der Waals surface area (Å²) in [5.41, 5.74) is 3.28. The Morgan fingerprint density at radius 1 is 0.622 bits per heavy atom. The van der Waals surface area contributed by atoms with Crippen LogP contribution in [-0.2, 0) is 26.7 Å². The molecule has 2 aliphatic rings. The van der Waals surface area contributed by atoms with Crippen LogP contribution in [0.2, 0.25) is 10.0 Å². The van der Waals surface area contributed by atoms with Crippen LogP contribution in [-0.4, -0.2) is 94.4 Å². The van der Waals surface area contributed by atoms with E-state index in [4.69, 9.17) is 53.4 Å². The van der Waals surface area contributed by atoms with E-state index in [1.54, 1.807) is 0 Å². The average molecular weight is 1110 g/mol. The smallest absolute Gasteiger partial charge is 0.484 e. The standard InChI is InChI=1S/C22H22ClF4N3O3.C15H20ClFN2O2.C7H4F3NO2.C2HF3O2.3H2/c23-17-7-6-16(9-18(17)24)33-12-20(31)30-15-4-1-13(2-5-15)10-29-21(32)19-8-3-14(11-28-19)22(25,26)27;16-13-6-5-12(7-14(13)17)21-9-15(20)19-11-3-1-10(8-18)2-4-11;8-7(9,10)4-1-2-5(6(12)13)11-3-4;3-2(4,5)1(6)7;;;/h3,6-9,11,13,15H,1-2,4-5,10,12H2,(H,29,32)(H,30,31);5-7,10-11H,1-4,8-9,18H2,(H,19,20);1-3H,(H,12,13);(H,6,7);3*1H. The van der Waals surface area contributed by atoms with Gasteiger partial charge in [0, 0.05) is 47.4 Å². The van der Waals surface area contributed by atoms with E-state index in [9.17, 15) is 67.5 Å². The van der Waals surface area contributed by atoms with Crippen molar-refractivity contribution in [2.24, 2.45) is 17.6 Å². The second kappa shape index (κ2) is 28.8. The highest BCUT2D eigenvalue weighted by atomic mass is 35.5. The summed E-state index contributed by atoms with van der Waals surface area (Å²) in [4.78, 5) is 61.8. The predicted octanol–water partition coefficient (Wildman–Crippen LogP) is 10.0. The van der Waals surface area contributed by atoms with Gasteiger partial charge < -0.3 is 41.4 Å². The number of amides is 3. The van der Waals surface area contributed by atoms with E-state index >= 15 is 0 Å². The maximum atomic E-state index is 13.4. The molecule has 4 aromatic rings. The lowest BCUT2D eigenvalue weighted by Crippen LogP contribution is -2.41. The number of alkyl halides is 9. The molecule has 0 aliphatic heterocycles. The minimum absolute atomic E-state index is 0. The molecule has 6 rings (SSSR count). The fourth-order valence-corrected chi connectivity index (χ4v) is 6.97. The third-order valence-electron chi connectivity index (χ3n) is 10.7. The van der Waals surface area contributed by atoms with Crippen LogP contribution in [0.25, 0.3) is 0 Å². The zero-order valence-corrected chi connectivity index (χ0v) is 39.9. The lowest BCUT2D eigenvalue weighted by Gasteiger charge is -2.29. The van der Waals surface area contributed by atoms with Gasteiger partial charge in [0.1, 0.15) is 34.5 Å². The Labute approximate surface area is 428 Å². The maximum absolute atomic E-state index is 13.4. The molecular formula is C46H53Cl2F11N6O9. The Balaban J connectivity index is 0.00000112. The van der Waals surface area contributed by atoms with Crippen molar-refractivity contribution in [3.8, 4) is 11.5 Å². The van der Waals surface area contributed by atoms with E-state index in [2.05, 4.69) is 25.9 Å². The van der Waals surface area contributed by atoms with Crippen LogP contribution < -0.4 is 31.2 Å². The Bertz CT molecular complexity index is 2490. The van der Waals surface area contributed by atoms with Crippen molar-refractivity contribution in [1.29, 1.82) is 0 Å². The number of carboxylic acids is 2. The van der Waals surface area contributed by atoms with E-state index < -0.39 is 64.8 Å². The van der Waals surface area contributed by atoms with Crippen LogP contribution in [0.1, 0.15) is 87.8 Å². The number of nitrogens with zero attached hydrogens (tertiary/aromatic N) is 2. The number of rotatable bonds is 13. The lowest BCUT2D eigenvalue weighted by molar-refractivity contribution is -0.192.